The number of hydrogen-bond donors (Lipinski definition) is 0. The Bertz CT molecular complexity index is 705. The van der Waals surface area contributed by atoms with Crippen LogP contribution in [0.15, 0.2) is 41.1 Å². The lowest BCUT2D eigenvalue weighted by Gasteiger charge is -2.24. The summed E-state index contributed by atoms with van der Waals surface area (Å²) in [7, 11) is 0. The van der Waals surface area contributed by atoms with Gasteiger partial charge in [-0.2, -0.15) is 11.3 Å². The molecule has 3 rings (SSSR count). The van der Waals surface area contributed by atoms with Crippen molar-refractivity contribution in [3.05, 3.63) is 58.0 Å². The second-order valence-corrected chi connectivity index (χ2v) is 6.89. The van der Waals surface area contributed by atoms with Gasteiger partial charge in [0.05, 0.1) is 5.56 Å². The van der Waals surface area contributed by atoms with E-state index in [9.17, 15) is 14.0 Å². The van der Waals surface area contributed by atoms with E-state index in [-0.39, 0.29) is 23.7 Å². The first-order valence-electron chi connectivity index (χ1n) is 7.01. The molecule has 0 spiro atoms. The number of thioether (sulfide) groups is 1. The minimum absolute atomic E-state index is 0.313. The number of esters is 1. The molecule has 120 valence electrons. The Kier molecular flexibility index (Phi) is 4.97. The number of thiophene rings is 1. The van der Waals surface area contributed by atoms with Crippen molar-refractivity contribution in [2.45, 2.75) is 5.37 Å². The highest BCUT2D eigenvalue weighted by Crippen LogP contribution is 2.38. The van der Waals surface area contributed by atoms with Crippen LogP contribution in [0.5, 0.6) is 0 Å². The number of amides is 1. The molecule has 0 bridgehead atoms. The Labute approximate surface area is 141 Å². The molecule has 0 N–H and O–H groups in total. The lowest BCUT2D eigenvalue weighted by atomic mass is 10.2. The highest BCUT2D eigenvalue weighted by Gasteiger charge is 2.32. The molecule has 0 saturated carbocycles. The van der Waals surface area contributed by atoms with E-state index >= 15 is 0 Å². The molecule has 1 atom stereocenters. The minimum atomic E-state index is -0.520. The van der Waals surface area contributed by atoms with E-state index in [4.69, 9.17) is 4.74 Å². The maximum absolute atomic E-state index is 13.9. The number of ether oxygens (including phenoxy) is 1. The molecule has 1 aromatic carbocycles. The monoisotopic (exact) mass is 351 g/mol. The number of carbonyl (C=O) groups excluding carboxylic acids is 2. The maximum atomic E-state index is 13.9. The molecule has 4 nitrogen and oxygen atoms in total. The number of nitrogens with zero attached hydrogens (tertiary/aromatic N) is 1. The number of benzene rings is 1. The largest absolute Gasteiger partial charge is 0.452 e. The van der Waals surface area contributed by atoms with Gasteiger partial charge in [-0.1, -0.05) is 18.2 Å². The fourth-order valence-electron chi connectivity index (χ4n) is 2.33. The van der Waals surface area contributed by atoms with Crippen LogP contribution in [0, 0.1) is 5.82 Å². The van der Waals surface area contributed by atoms with Crippen molar-refractivity contribution in [1.82, 2.24) is 4.90 Å². The highest BCUT2D eigenvalue weighted by atomic mass is 32.2. The molecule has 1 fully saturated rings. The zero-order valence-electron chi connectivity index (χ0n) is 12.1. The molecule has 0 aliphatic carbocycles. The van der Waals surface area contributed by atoms with E-state index < -0.39 is 5.97 Å². The third-order valence-electron chi connectivity index (χ3n) is 3.47. The van der Waals surface area contributed by atoms with E-state index in [2.05, 4.69) is 0 Å². The minimum Gasteiger partial charge on any atom is -0.452 e. The quantitative estimate of drug-likeness (QED) is 0.793. The Hall–Kier alpha value is -1.86. The topological polar surface area (TPSA) is 46.6 Å². The molecule has 1 aromatic heterocycles. The zero-order valence-corrected chi connectivity index (χ0v) is 13.7. The van der Waals surface area contributed by atoms with Gasteiger partial charge in [-0.3, -0.25) is 4.79 Å². The molecule has 1 saturated heterocycles. The molecular formula is C16H14FNO3S2. The smallest absolute Gasteiger partial charge is 0.339 e. The first kappa shape index (κ1) is 16.0. The van der Waals surface area contributed by atoms with Crippen LogP contribution in [0.2, 0.25) is 0 Å². The van der Waals surface area contributed by atoms with E-state index in [0.717, 1.165) is 5.75 Å². The summed E-state index contributed by atoms with van der Waals surface area (Å²) < 4.78 is 19.0. The first-order valence-corrected chi connectivity index (χ1v) is 9.01. The molecule has 1 aliphatic rings. The van der Waals surface area contributed by atoms with Crippen molar-refractivity contribution in [2.24, 2.45) is 0 Å². The van der Waals surface area contributed by atoms with E-state index in [0.29, 0.717) is 17.7 Å². The van der Waals surface area contributed by atoms with Gasteiger partial charge in [-0.05, 0) is 17.5 Å². The third-order valence-corrected chi connectivity index (χ3v) is 5.39. The van der Waals surface area contributed by atoms with Crippen molar-refractivity contribution in [3.63, 3.8) is 0 Å². The summed E-state index contributed by atoms with van der Waals surface area (Å²) in [5, 5.41) is 3.06. The third kappa shape index (κ3) is 3.56. The van der Waals surface area contributed by atoms with Gasteiger partial charge in [-0.25, -0.2) is 9.18 Å². The van der Waals surface area contributed by atoms with E-state index in [1.807, 2.05) is 0 Å². The number of hydrogen-bond acceptors (Lipinski definition) is 5. The van der Waals surface area contributed by atoms with Crippen molar-refractivity contribution in [2.75, 3.05) is 18.9 Å². The van der Waals surface area contributed by atoms with Gasteiger partial charge in [0.2, 0.25) is 0 Å². The van der Waals surface area contributed by atoms with E-state index in [1.165, 1.54) is 29.2 Å². The molecule has 23 heavy (non-hydrogen) atoms. The summed E-state index contributed by atoms with van der Waals surface area (Å²) in [6.07, 6.45) is 0. The predicted octanol–water partition coefficient (Wildman–Crippen LogP) is 3.32. The molecule has 7 heteroatoms. The summed E-state index contributed by atoms with van der Waals surface area (Å²) in [4.78, 5) is 25.7. The van der Waals surface area contributed by atoms with Crippen LogP contribution in [-0.4, -0.2) is 35.7 Å². The second kappa shape index (κ2) is 7.14. The average molecular weight is 351 g/mol. The van der Waals surface area contributed by atoms with Crippen molar-refractivity contribution in [3.8, 4) is 0 Å². The van der Waals surface area contributed by atoms with Crippen LogP contribution < -0.4 is 0 Å². The standard InChI is InChI=1S/C16H14FNO3S2/c17-13-4-2-1-3-12(13)15-18(6-8-23-15)14(19)9-21-16(20)11-5-7-22-10-11/h1-5,7,10,15H,6,8-9H2/t15-/m0/s1. The van der Waals surface area contributed by atoms with Gasteiger partial charge in [-0.15, -0.1) is 11.8 Å². The molecular weight excluding hydrogens is 337 g/mol. The second-order valence-electron chi connectivity index (χ2n) is 4.92. The average Bonchev–Trinajstić information content (AvgIpc) is 3.24. The normalized spacial score (nSPS) is 17.3. The summed E-state index contributed by atoms with van der Waals surface area (Å²) in [5.74, 6) is -0.441. The molecule has 0 unspecified atom stereocenters. The molecule has 1 amide bonds. The van der Waals surface area contributed by atoms with Crippen molar-refractivity contribution >= 4 is 35.0 Å². The van der Waals surface area contributed by atoms with Crippen LogP contribution in [-0.2, 0) is 9.53 Å². The Balaban J connectivity index is 1.64. The van der Waals surface area contributed by atoms with Gasteiger partial charge in [0.25, 0.3) is 5.91 Å². The first-order chi connectivity index (χ1) is 11.2. The Morgan fingerprint density at radius 2 is 2.13 bits per heavy atom. The SMILES string of the molecule is O=C(OCC(=O)N1CCS[C@H]1c1ccccc1F)c1ccsc1. The number of halogens is 1. The number of rotatable bonds is 4. The predicted molar refractivity (Wildman–Crippen MR) is 87.9 cm³/mol. The molecule has 1 aliphatic heterocycles. The van der Waals surface area contributed by atoms with Crippen LogP contribution in [0.1, 0.15) is 21.3 Å². The summed E-state index contributed by atoms with van der Waals surface area (Å²) in [6.45, 7) is 0.179. The maximum Gasteiger partial charge on any atom is 0.339 e. The summed E-state index contributed by atoms with van der Waals surface area (Å²) in [6, 6.07) is 8.07. The van der Waals surface area contributed by atoms with Gasteiger partial charge < -0.3 is 9.64 Å². The van der Waals surface area contributed by atoms with Crippen LogP contribution in [0.3, 0.4) is 0 Å². The molecule has 0 radical (unpaired) electrons. The fourth-order valence-corrected chi connectivity index (χ4v) is 4.26. The fraction of sp³-hybridized carbons (Fsp3) is 0.250. The Morgan fingerprint density at radius 1 is 1.30 bits per heavy atom. The highest BCUT2D eigenvalue weighted by molar-refractivity contribution is 7.99. The molecule has 2 aromatic rings. The zero-order chi connectivity index (χ0) is 16.2. The van der Waals surface area contributed by atoms with Crippen LogP contribution in [0.25, 0.3) is 0 Å². The van der Waals surface area contributed by atoms with Crippen molar-refractivity contribution in [1.29, 1.82) is 0 Å². The van der Waals surface area contributed by atoms with Crippen LogP contribution in [0.4, 0.5) is 4.39 Å². The summed E-state index contributed by atoms with van der Waals surface area (Å²) >= 11 is 2.89. The Morgan fingerprint density at radius 3 is 2.87 bits per heavy atom. The van der Waals surface area contributed by atoms with Gasteiger partial charge in [0.1, 0.15) is 11.2 Å². The van der Waals surface area contributed by atoms with Gasteiger partial charge in [0.15, 0.2) is 6.61 Å². The van der Waals surface area contributed by atoms with Crippen molar-refractivity contribution < 1.29 is 18.7 Å². The lowest BCUT2D eigenvalue weighted by molar-refractivity contribution is -0.134. The lowest BCUT2D eigenvalue weighted by Crippen LogP contribution is -2.34. The van der Waals surface area contributed by atoms with Crippen LogP contribution >= 0.6 is 23.1 Å². The van der Waals surface area contributed by atoms with Gasteiger partial charge in [0, 0.05) is 23.2 Å². The van der Waals surface area contributed by atoms with E-state index in [1.54, 1.807) is 39.9 Å². The molecule has 2 heterocycles. The van der Waals surface area contributed by atoms with Gasteiger partial charge >= 0.3 is 5.97 Å². The number of carbonyl (C=O) groups is 2. The summed E-state index contributed by atoms with van der Waals surface area (Å²) in [5.41, 5.74) is 0.914.